The fraction of sp³-hybridized carbons (Fsp3) is 0.667. The standard InChI is InChI=1S/C9H14N2O2S2/c1-3-9(5-15-4-2)6(12)10-8(14)11-7(9)13/h3-5H2,1-2H3,(H2,10,11,12,13,14). The third-order valence-corrected chi connectivity index (χ3v) is 3.79. The van der Waals surface area contributed by atoms with Crippen molar-refractivity contribution in [2.45, 2.75) is 20.3 Å². The van der Waals surface area contributed by atoms with E-state index in [2.05, 4.69) is 10.6 Å². The van der Waals surface area contributed by atoms with Crippen molar-refractivity contribution in [2.75, 3.05) is 11.5 Å². The summed E-state index contributed by atoms with van der Waals surface area (Å²) in [5.41, 5.74) is -0.955. The van der Waals surface area contributed by atoms with Crippen LogP contribution in [-0.4, -0.2) is 28.4 Å². The Morgan fingerprint density at radius 2 is 1.80 bits per heavy atom. The fourth-order valence-corrected chi connectivity index (χ4v) is 2.61. The Labute approximate surface area is 98.6 Å². The molecule has 0 saturated carbocycles. The van der Waals surface area contributed by atoms with Gasteiger partial charge >= 0.3 is 0 Å². The highest BCUT2D eigenvalue weighted by atomic mass is 32.2. The summed E-state index contributed by atoms with van der Waals surface area (Å²) in [5.74, 6) is 0.826. The van der Waals surface area contributed by atoms with Crippen LogP contribution in [0.2, 0.25) is 0 Å². The molecular formula is C9H14N2O2S2. The number of thiocarbonyl (C=S) groups is 1. The molecule has 6 heteroatoms. The van der Waals surface area contributed by atoms with Crippen LogP contribution >= 0.6 is 24.0 Å². The molecule has 0 aromatic carbocycles. The Morgan fingerprint density at radius 1 is 1.27 bits per heavy atom. The number of carbonyl (C=O) groups excluding carboxylic acids is 2. The van der Waals surface area contributed by atoms with Gasteiger partial charge in [-0.1, -0.05) is 13.8 Å². The number of carbonyl (C=O) groups is 2. The van der Waals surface area contributed by atoms with Gasteiger partial charge in [-0.2, -0.15) is 11.8 Å². The van der Waals surface area contributed by atoms with Gasteiger partial charge in [0.25, 0.3) is 0 Å². The lowest BCUT2D eigenvalue weighted by Gasteiger charge is -2.33. The highest BCUT2D eigenvalue weighted by Gasteiger charge is 2.47. The number of thioether (sulfide) groups is 1. The molecule has 0 aromatic heterocycles. The zero-order valence-electron chi connectivity index (χ0n) is 8.75. The maximum Gasteiger partial charge on any atom is 0.242 e. The van der Waals surface area contributed by atoms with Crippen molar-refractivity contribution >= 4 is 40.9 Å². The number of rotatable bonds is 4. The molecular weight excluding hydrogens is 232 g/mol. The smallest absolute Gasteiger partial charge is 0.242 e. The molecule has 0 aromatic rings. The molecule has 0 atom stereocenters. The first kappa shape index (κ1) is 12.4. The van der Waals surface area contributed by atoms with Crippen LogP contribution in [-0.2, 0) is 9.59 Å². The van der Waals surface area contributed by atoms with Crippen LogP contribution in [0.4, 0.5) is 0 Å². The van der Waals surface area contributed by atoms with Crippen LogP contribution in [0.25, 0.3) is 0 Å². The highest BCUT2D eigenvalue weighted by molar-refractivity contribution is 7.99. The minimum absolute atomic E-state index is 0.107. The molecule has 84 valence electrons. The van der Waals surface area contributed by atoms with Crippen LogP contribution < -0.4 is 10.6 Å². The Morgan fingerprint density at radius 3 is 2.20 bits per heavy atom. The lowest BCUT2D eigenvalue weighted by Crippen LogP contribution is -2.63. The molecule has 1 aliphatic rings. The van der Waals surface area contributed by atoms with Crippen molar-refractivity contribution in [3.63, 3.8) is 0 Å². The predicted molar refractivity (Wildman–Crippen MR) is 64.6 cm³/mol. The number of nitrogens with one attached hydrogen (secondary N) is 2. The van der Waals surface area contributed by atoms with Crippen molar-refractivity contribution in [1.29, 1.82) is 0 Å². The van der Waals surface area contributed by atoms with E-state index in [1.54, 1.807) is 11.8 Å². The van der Waals surface area contributed by atoms with E-state index in [9.17, 15) is 9.59 Å². The SMILES string of the molecule is CCSCC1(CC)C(=O)NC(=S)NC1=O. The largest absolute Gasteiger partial charge is 0.302 e. The van der Waals surface area contributed by atoms with Gasteiger partial charge in [0, 0.05) is 5.75 Å². The molecule has 1 rings (SSSR count). The molecule has 0 aliphatic carbocycles. The molecule has 2 amide bonds. The summed E-state index contributed by atoms with van der Waals surface area (Å²) in [6, 6.07) is 0. The molecule has 2 N–H and O–H groups in total. The van der Waals surface area contributed by atoms with E-state index in [1.165, 1.54) is 0 Å². The van der Waals surface area contributed by atoms with Crippen LogP contribution in [0, 0.1) is 5.41 Å². The second-order valence-electron chi connectivity index (χ2n) is 3.31. The van der Waals surface area contributed by atoms with E-state index in [1.807, 2.05) is 13.8 Å². The lowest BCUT2D eigenvalue weighted by molar-refractivity contribution is -0.142. The van der Waals surface area contributed by atoms with Crippen LogP contribution in [0.15, 0.2) is 0 Å². The average molecular weight is 246 g/mol. The molecule has 0 unspecified atom stereocenters. The molecule has 1 fully saturated rings. The van der Waals surface area contributed by atoms with Gasteiger partial charge in [-0.15, -0.1) is 0 Å². The Hall–Kier alpha value is -0.620. The molecule has 15 heavy (non-hydrogen) atoms. The van der Waals surface area contributed by atoms with Crippen LogP contribution in [0.5, 0.6) is 0 Å². The van der Waals surface area contributed by atoms with Gasteiger partial charge in [0.2, 0.25) is 11.8 Å². The van der Waals surface area contributed by atoms with Crippen molar-refractivity contribution in [3.05, 3.63) is 0 Å². The lowest BCUT2D eigenvalue weighted by atomic mass is 9.84. The fourth-order valence-electron chi connectivity index (χ4n) is 1.41. The van der Waals surface area contributed by atoms with Crippen LogP contribution in [0.3, 0.4) is 0 Å². The van der Waals surface area contributed by atoms with Crippen molar-refractivity contribution in [3.8, 4) is 0 Å². The summed E-state index contributed by atoms with van der Waals surface area (Å²) in [5, 5.41) is 5.12. The van der Waals surface area contributed by atoms with E-state index in [4.69, 9.17) is 12.2 Å². The van der Waals surface area contributed by atoms with E-state index in [0.29, 0.717) is 12.2 Å². The number of hydrogen-bond acceptors (Lipinski definition) is 4. The van der Waals surface area contributed by atoms with Gasteiger partial charge < -0.3 is 10.6 Å². The second-order valence-corrected chi connectivity index (χ2v) is 4.99. The van der Waals surface area contributed by atoms with E-state index < -0.39 is 5.41 Å². The maximum atomic E-state index is 11.8. The summed E-state index contributed by atoms with van der Waals surface area (Å²) in [6.45, 7) is 3.83. The average Bonchev–Trinajstić information content (AvgIpc) is 2.17. The van der Waals surface area contributed by atoms with Gasteiger partial charge in [0.1, 0.15) is 5.41 Å². The van der Waals surface area contributed by atoms with Gasteiger partial charge in [-0.3, -0.25) is 9.59 Å². The molecule has 1 aliphatic heterocycles. The summed E-state index contributed by atoms with van der Waals surface area (Å²) < 4.78 is 0. The van der Waals surface area contributed by atoms with Crippen molar-refractivity contribution in [2.24, 2.45) is 5.41 Å². The minimum atomic E-state index is -0.955. The van der Waals surface area contributed by atoms with Gasteiger partial charge in [0.15, 0.2) is 5.11 Å². The molecule has 1 saturated heterocycles. The first-order valence-electron chi connectivity index (χ1n) is 4.81. The van der Waals surface area contributed by atoms with Gasteiger partial charge in [-0.25, -0.2) is 0 Å². The topological polar surface area (TPSA) is 58.2 Å². The third-order valence-electron chi connectivity index (χ3n) is 2.48. The quantitative estimate of drug-likeness (QED) is 0.565. The first-order chi connectivity index (χ1) is 7.06. The number of amides is 2. The summed E-state index contributed by atoms with van der Waals surface area (Å²) in [7, 11) is 0. The van der Waals surface area contributed by atoms with Crippen molar-refractivity contribution in [1.82, 2.24) is 10.6 Å². The minimum Gasteiger partial charge on any atom is -0.302 e. The zero-order chi connectivity index (χ0) is 11.5. The summed E-state index contributed by atoms with van der Waals surface area (Å²) >= 11 is 6.33. The van der Waals surface area contributed by atoms with E-state index in [0.717, 1.165) is 5.75 Å². The molecule has 0 bridgehead atoms. The van der Waals surface area contributed by atoms with E-state index >= 15 is 0 Å². The highest BCUT2D eigenvalue weighted by Crippen LogP contribution is 2.29. The Balaban J connectivity index is 2.89. The monoisotopic (exact) mass is 246 g/mol. The number of hydrogen-bond donors (Lipinski definition) is 2. The molecule has 4 nitrogen and oxygen atoms in total. The summed E-state index contributed by atoms with van der Waals surface area (Å²) in [4.78, 5) is 23.6. The Kier molecular flexibility index (Phi) is 4.10. The summed E-state index contributed by atoms with van der Waals surface area (Å²) in [6.07, 6.45) is 0.486. The van der Waals surface area contributed by atoms with Gasteiger partial charge in [0.05, 0.1) is 0 Å². The first-order valence-corrected chi connectivity index (χ1v) is 6.37. The zero-order valence-corrected chi connectivity index (χ0v) is 10.4. The Bertz CT molecular complexity index is 284. The second kappa shape index (κ2) is 4.94. The van der Waals surface area contributed by atoms with Crippen molar-refractivity contribution < 1.29 is 9.59 Å². The molecule has 0 spiro atoms. The molecule has 0 radical (unpaired) electrons. The molecule has 1 heterocycles. The normalized spacial score (nSPS) is 19.7. The maximum absolute atomic E-state index is 11.8. The van der Waals surface area contributed by atoms with E-state index in [-0.39, 0.29) is 16.9 Å². The van der Waals surface area contributed by atoms with Crippen LogP contribution in [0.1, 0.15) is 20.3 Å². The predicted octanol–water partition coefficient (Wildman–Crippen LogP) is 0.667. The van der Waals surface area contributed by atoms with Gasteiger partial charge in [-0.05, 0) is 24.4 Å². The third kappa shape index (κ3) is 2.31.